The molecule has 0 N–H and O–H groups in total. The number of ether oxygens (including phenoxy) is 1. The Kier molecular flexibility index (Phi) is 5.37. The van der Waals surface area contributed by atoms with Gasteiger partial charge in [-0.15, -0.1) is 3.89 Å². The summed E-state index contributed by atoms with van der Waals surface area (Å²) in [5.74, 6) is 0.125. The van der Waals surface area contributed by atoms with Gasteiger partial charge in [-0.2, -0.15) is 12.9 Å². The molecule has 2 heterocycles. The van der Waals surface area contributed by atoms with Gasteiger partial charge in [0.1, 0.15) is 5.60 Å². The Morgan fingerprint density at radius 3 is 2.40 bits per heavy atom. The van der Waals surface area contributed by atoms with Crippen molar-refractivity contribution in [2.75, 3.05) is 39.8 Å². The minimum Gasteiger partial charge on any atom is -0.370 e. The van der Waals surface area contributed by atoms with E-state index in [9.17, 15) is 8.09 Å². The van der Waals surface area contributed by atoms with E-state index in [0.717, 1.165) is 12.1 Å². The molecule has 2 saturated heterocycles. The fourth-order valence-electron chi connectivity index (χ4n) is 3.34. The molecule has 25 heavy (non-hydrogen) atoms. The van der Waals surface area contributed by atoms with E-state index < -0.39 is 15.9 Å². The molecule has 0 aliphatic carbocycles. The van der Waals surface area contributed by atoms with Crippen molar-refractivity contribution in [1.29, 1.82) is 0 Å². The van der Waals surface area contributed by atoms with Crippen LogP contribution < -0.4 is 0 Å². The predicted molar refractivity (Wildman–Crippen MR) is 99.6 cm³/mol. The van der Waals surface area contributed by atoms with Crippen molar-refractivity contribution < 1.29 is 12.8 Å². The molecule has 3 rings (SSSR count). The first kappa shape index (κ1) is 19.3. The number of hydrogen-bond donors (Lipinski definition) is 0. The Hall–Kier alpha value is -0.440. The molecule has 0 bridgehead atoms. The molecule has 0 radical (unpaired) electrons. The Morgan fingerprint density at radius 1 is 1.28 bits per heavy atom. The molecule has 9 heteroatoms. The summed E-state index contributed by atoms with van der Waals surface area (Å²) in [5.41, 5.74) is 0.498. The second kappa shape index (κ2) is 6.94. The molecule has 2 fully saturated rings. The highest BCUT2D eigenvalue weighted by Crippen LogP contribution is 2.37. The lowest BCUT2D eigenvalue weighted by molar-refractivity contribution is -0.158. The van der Waals surface area contributed by atoms with Gasteiger partial charge in [0.05, 0.1) is 12.3 Å². The van der Waals surface area contributed by atoms with Crippen LogP contribution in [-0.4, -0.2) is 58.8 Å². The molecule has 0 amide bonds. The lowest BCUT2D eigenvalue weighted by Crippen LogP contribution is -2.70. The van der Waals surface area contributed by atoms with Gasteiger partial charge >= 0.3 is 0 Å². The van der Waals surface area contributed by atoms with Crippen LogP contribution in [0.5, 0.6) is 0 Å². The highest BCUT2D eigenvalue weighted by Gasteiger charge is 2.50. The fraction of sp³-hybridized carbons (Fsp3) is 0.625. The van der Waals surface area contributed by atoms with Crippen LogP contribution in [0.3, 0.4) is 0 Å². The van der Waals surface area contributed by atoms with E-state index in [1.165, 1.54) is 16.4 Å². The fourth-order valence-corrected chi connectivity index (χ4v) is 5.53. The first-order chi connectivity index (χ1) is 11.6. The van der Waals surface area contributed by atoms with Gasteiger partial charge in [-0.25, -0.2) is 0 Å². The zero-order valence-electron chi connectivity index (χ0n) is 14.5. The average molecular weight is 410 g/mol. The standard InChI is InChI=1S/C16H22Cl2FN3O2S/c1-11(2)15-13(17)6-12(7-14(15)18)20-25(19,23)22-9-16(10-22)8-21(3)4-5-24-16/h6-7,11H,4-5,8-10H2,1-3H3. The van der Waals surface area contributed by atoms with Crippen LogP contribution in [0.1, 0.15) is 25.3 Å². The number of rotatable bonds is 3. The van der Waals surface area contributed by atoms with Gasteiger partial charge < -0.3 is 9.64 Å². The van der Waals surface area contributed by atoms with Crippen molar-refractivity contribution in [1.82, 2.24) is 9.21 Å². The first-order valence-electron chi connectivity index (χ1n) is 8.15. The van der Waals surface area contributed by atoms with Gasteiger partial charge in [-0.05, 0) is 30.7 Å². The van der Waals surface area contributed by atoms with E-state index in [1.54, 1.807) is 0 Å². The molecule has 1 spiro atoms. The number of benzene rings is 1. The van der Waals surface area contributed by atoms with E-state index in [4.69, 9.17) is 27.9 Å². The molecule has 1 aromatic rings. The van der Waals surface area contributed by atoms with Gasteiger partial charge in [-0.1, -0.05) is 37.0 Å². The van der Waals surface area contributed by atoms with Crippen molar-refractivity contribution in [2.45, 2.75) is 25.4 Å². The SMILES string of the molecule is CC(C)c1c(Cl)cc(N=S(=O)(F)N2CC3(CN(C)CCO3)C2)cc1Cl. The third-order valence-corrected chi connectivity index (χ3v) is 6.50. The summed E-state index contributed by atoms with van der Waals surface area (Å²) < 4.78 is 37.9. The maximum atomic E-state index is 14.7. The van der Waals surface area contributed by atoms with E-state index in [2.05, 4.69) is 9.26 Å². The summed E-state index contributed by atoms with van der Waals surface area (Å²) in [6, 6.07) is 3.00. The third kappa shape index (κ3) is 3.96. The molecular formula is C16H22Cl2FN3O2S. The molecule has 1 atom stereocenters. The lowest BCUT2D eigenvalue weighted by atomic mass is 9.95. The van der Waals surface area contributed by atoms with Crippen molar-refractivity contribution in [3.05, 3.63) is 27.7 Å². The molecule has 5 nitrogen and oxygen atoms in total. The molecule has 2 aliphatic rings. The summed E-state index contributed by atoms with van der Waals surface area (Å²) >= 11 is 12.4. The van der Waals surface area contributed by atoms with Gasteiger partial charge in [-0.3, -0.25) is 0 Å². The van der Waals surface area contributed by atoms with Crippen LogP contribution in [0.4, 0.5) is 9.57 Å². The van der Waals surface area contributed by atoms with Crippen LogP contribution in [0.25, 0.3) is 0 Å². The number of nitrogens with zero attached hydrogens (tertiary/aromatic N) is 3. The maximum Gasteiger partial charge on any atom is 0.276 e. The summed E-state index contributed by atoms with van der Waals surface area (Å²) in [4.78, 5) is 2.13. The molecule has 140 valence electrons. The monoisotopic (exact) mass is 409 g/mol. The zero-order chi connectivity index (χ0) is 18.4. The molecule has 1 unspecified atom stereocenters. The van der Waals surface area contributed by atoms with Crippen LogP contribution in [0.15, 0.2) is 16.5 Å². The van der Waals surface area contributed by atoms with Gasteiger partial charge in [0.25, 0.3) is 10.3 Å². The quantitative estimate of drug-likeness (QED) is 0.707. The summed E-state index contributed by atoms with van der Waals surface area (Å²) in [6.45, 7) is 6.56. The Balaban J connectivity index is 1.81. The van der Waals surface area contributed by atoms with E-state index in [0.29, 0.717) is 23.2 Å². The minimum absolute atomic E-state index is 0.125. The van der Waals surface area contributed by atoms with E-state index in [1.807, 2.05) is 20.9 Å². The lowest BCUT2D eigenvalue weighted by Gasteiger charge is -2.52. The molecule has 0 aromatic heterocycles. The normalized spacial score (nSPS) is 23.5. The largest absolute Gasteiger partial charge is 0.370 e. The Bertz CT molecular complexity index is 767. The number of likely N-dealkylation sites (N-methyl/N-ethyl adjacent to an activating group) is 1. The van der Waals surface area contributed by atoms with Crippen molar-refractivity contribution in [2.24, 2.45) is 4.36 Å². The average Bonchev–Trinajstić information content (AvgIpc) is 2.42. The smallest absolute Gasteiger partial charge is 0.276 e. The third-order valence-electron chi connectivity index (χ3n) is 4.55. The highest BCUT2D eigenvalue weighted by molar-refractivity contribution is 7.86. The summed E-state index contributed by atoms with van der Waals surface area (Å²) in [5, 5.41) is 0.794. The van der Waals surface area contributed by atoms with E-state index in [-0.39, 0.29) is 24.7 Å². The van der Waals surface area contributed by atoms with Gasteiger partial charge in [0, 0.05) is 36.2 Å². The number of halogens is 3. The Labute approximate surface area is 158 Å². The van der Waals surface area contributed by atoms with Crippen LogP contribution >= 0.6 is 23.2 Å². The minimum atomic E-state index is -4.04. The molecule has 0 saturated carbocycles. The Morgan fingerprint density at radius 2 is 1.88 bits per heavy atom. The van der Waals surface area contributed by atoms with Gasteiger partial charge in [0.2, 0.25) is 0 Å². The van der Waals surface area contributed by atoms with Crippen molar-refractivity contribution in [3.63, 3.8) is 0 Å². The number of hydrogen-bond acceptors (Lipinski definition) is 4. The van der Waals surface area contributed by atoms with Crippen molar-refractivity contribution >= 4 is 39.2 Å². The second-order valence-corrected chi connectivity index (χ2v) is 9.44. The topological polar surface area (TPSA) is 45.1 Å². The van der Waals surface area contributed by atoms with Crippen LogP contribution in [0.2, 0.25) is 10.0 Å². The van der Waals surface area contributed by atoms with Crippen LogP contribution in [0, 0.1) is 0 Å². The van der Waals surface area contributed by atoms with E-state index >= 15 is 0 Å². The molecular weight excluding hydrogens is 388 g/mol. The summed E-state index contributed by atoms with van der Waals surface area (Å²) in [6.07, 6.45) is 0. The molecule has 2 aliphatic heterocycles. The first-order valence-corrected chi connectivity index (χ1v) is 10.3. The van der Waals surface area contributed by atoms with Gasteiger partial charge in [0.15, 0.2) is 0 Å². The number of morpholine rings is 1. The molecule has 1 aromatic carbocycles. The van der Waals surface area contributed by atoms with Crippen LogP contribution in [-0.2, 0) is 15.0 Å². The zero-order valence-corrected chi connectivity index (χ0v) is 16.8. The highest BCUT2D eigenvalue weighted by atomic mass is 35.5. The van der Waals surface area contributed by atoms with Crippen molar-refractivity contribution in [3.8, 4) is 0 Å². The maximum absolute atomic E-state index is 14.7. The second-order valence-electron chi connectivity index (χ2n) is 7.07. The summed E-state index contributed by atoms with van der Waals surface area (Å²) in [7, 11) is -2.05. The predicted octanol–water partition coefficient (Wildman–Crippen LogP) is 4.03.